The van der Waals surface area contributed by atoms with Gasteiger partial charge in [-0.25, -0.2) is 0 Å². The SMILES string of the molecule is COc1ccc2c(c1C)CCC1C3C[C@H](O)C[C@]3(C)CC[C@@]21C. The van der Waals surface area contributed by atoms with Crippen LogP contribution < -0.4 is 4.74 Å². The van der Waals surface area contributed by atoms with Crippen molar-refractivity contribution in [1.82, 2.24) is 0 Å². The van der Waals surface area contributed by atoms with Gasteiger partial charge in [0.2, 0.25) is 0 Å². The van der Waals surface area contributed by atoms with E-state index in [1.165, 1.54) is 36.8 Å². The average molecular weight is 314 g/mol. The molecular formula is C21H30O2. The summed E-state index contributed by atoms with van der Waals surface area (Å²) in [5.74, 6) is 2.44. The highest BCUT2D eigenvalue weighted by molar-refractivity contribution is 5.49. The Balaban J connectivity index is 1.79. The molecule has 4 rings (SSSR count). The van der Waals surface area contributed by atoms with E-state index in [2.05, 4.69) is 32.9 Å². The van der Waals surface area contributed by atoms with Crippen LogP contribution in [-0.4, -0.2) is 18.3 Å². The second-order valence-electron chi connectivity index (χ2n) is 8.84. The van der Waals surface area contributed by atoms with Crippen LogP contribution in [0.15, 0.2) is 12.1 Å². The minimum Gasteiger partial charge on any atom is -0.496 e. The Kier molecular flexibility index (Phi) is 3.36. The van der Waals surface area contributed by atoms with Crippen LogP contribution in [0.1, 0.15) is 62.6 Å². The van der Waals surface area contributed by atoms with Crippen LogP contribution in [0.25, 0.3) is 0 Å². The molecule has 2 unspecified atom stereocenters. The third-order valence-electron chi connectivity index (χ3n) is 7.73. The number of rotatable bonds is 1. The Bertz CT molecular complexity index is 637. The molecule has 1 aromatic rings. The quantitative estimate of drug-likeness (QED) is 0.833. The highest BCUT2D eigenvalue weighted by Crippen LogP contribution is 2.63. The molecule has 0 saturated heterocycles. The van der Waals surface area contributed by atoms with Crippen LogP contribution in [0, 0.1) is 24.2 Å². The summed E-state index contributed by atoms with van der Waals surface area (Å²) >= 11 is 0. The molecule has 2 fully saturated rings. The van der Waals surface area contributed by atoms with Gasteiger partial charge in [-0.1, -0.05) is 19.9 Å². The van der Waals surface area contributed by atoms with E-state index in [4.69, 9.17) is 4.74 Å². The fourth-order valence-corrected chi connectivity index (χ4v) is 6.43. The predicted molar refractivity (Wildman–Crippen MR) is 93.0 cm³/mol. The third-order valence-corrected chi connectivity index (χ3v) is 7.73. The van der Waals surface area contributed by atoms with Gasteiger partial charge in [0.15, 0.2) is 0 Å². The largest absolute Gasteiger partial charge is 0.496 e. The zero-order chi connectivity index (χ0) is 16.4. The molecule has 2 nitrogen and oxygen atoms in total. The lowest BCUT2D eigenvalue weighted by molar-refractivity contribution is 0.0140. The molecule has 23 heavy (non-hydrogen) atoms. The Labute approximate surface area is 140 Å². The molecule has 0 spiro atoms. The number of aliphatic hydroxyl groups excluding tert-OH is 1. The molecule has 2 heteroatoms. The second-order valence-corrected chi connectivity index (χ2v) is 8.84. The standard InChI is InChI=1S/C21H30O2/c1-13-15-5-6-17-18-11-14(22)12-20(18,2)9-10-21(17,3)16(15)7-8-19(13)23-4/h7-8,14,17-18,22H,5-6,9-12H2,1-4H3/t14-,17?,18?,20-,21-/m0/s1. The van der Waals surface area contributed by atoms with Gasteiger partial charge in [0, 0.05) is 0 Å². The molecule has 0 aromatic heterocycles. The summed E-state index contributed by atoms with van der Waals surface area (Å²) < 4.78 is 5.55. The Morgan fingerprint density at radius 2 is 1.96 bits per heavy atom. The molecule has 3 aliphatic rings. The fraction of sp³-hybridized carbons (Fsp3) is 0.714. The van der Waals surface area contributed by atoms with Crippen LogP contribution in [0.2, 0.25) is 0 Å². The number of ether oxygens (including phenoxy) is 1. The van der Waals surface area contributed by atoms with Crippen molar-refractivity contribution in [2.75, 3.05) is 7.11 Å². The van der Waals surface area contributed by atoms with E-state index >= 15 is 0 Å². The molecule has 0 bridgehead atoms. The van der Waals surface area contributed by atoms with Gasteiger partial charge in [-0.2, -0.15) is 0 Å². The van der Waals surface area contributed by atoms with Crippen LogP contribution in [0.3, 0.4) is 0 Å². The number of fused-ring (bicyclic) bond motifs is 5. The van der Waals surface area contributed by atoms with Gasteiger partial charge < -0.3 is 9.84 Å². The van der Waals surface area contributed by atoms with Gasteiger partial charge in [-0.3, -0.25) is 0 Å². The summed E-state index contributed by atoms with van der Waals surface area (Å²) in [6.45, 7) is 7.14. The van der Waals surface area contributed by atoms with Crippen molar-refractivity contribution in [2.45, 2.75) is 70.8 Å². The van der Waals surface area contributed by atoms with Crippen molar-refractivity contribution in [3.05, 3.63) is 28.8 Å². The summed E-state index contributed by atoms with van der Waals surface area (Å²) in [5.41, 5.74) is 5.08. The molecule has 3 aliphatic carbocycles. The van der Waals surface area contributed by atoms with Gasteiger partial charge >= 0.3 is 0 Å². The molecule has 1 aromatic carbocycles. The molecule has 5 atom stereocenters. The van der Waals surface area contributed by atoms with Crippen molar-refractivity contribution >= 4 is 0 Å². The van der Waals surface area contributed by atoms with Crippen molar-refractivity contribution < 1.29 is 9.84 Å². The van der Waals surface area contributed by atoms with Crippen molar-refractivity contribution in [3.8, 4) is 5.75 Å². The molecule has 1 N–H and O–H groups in total. The molecule has 0 heterocycles. The maximum absolute atomic E-state index is 10.3. The first-order valence-corrected chi connectivity index (χ1v) is 9.24. The Hall–Kier alpha value is -1.02. The number of methoxy groups -OCH3 is 1. The maximum atomic E-state index is 10.3. The summed E-state index contributed by atoms with van der Waals surface area (Å²) in [7, 11) is 1.77. The van der Waals surface area contributed by atoms with E-state index in [9.17, 15) is 5.11 Å². The average Bonchev–Trinajstić information content (AvgIpc) is 2.82. The number of hydrogen-bond acceptors (Lipinski definition) is 2. The van der Waals surface area contributed by atoms with Crippen LogP contribution in [-0.2, 0) is 11.8 Å². The second kappa shape index (κ2) is 4.99. The fourth-order valence-electron chi connectivity index (χ4n) is 6.43. The minimum atomic E-state index is -0.0775. The van der Waals surface area contributed by atoms with E-state index in [0.717, 1.165) is 24.5 Å². The Morgan fingerprint density at radius 1 is 1.17 bits per heavy atom. The highest BCUT2D eigenvalue weighted by Gasteiger charge is 2.57. The number of benzene rings is 1. The third kappa shape index (κ3) is 2.03. The lowest BCUT2D eigenvalue weighted by atomic mass is 9.49. The minimum absolute atomic E-state index is 0.0775. The highest BCUT2D eigenvalue weighted by atomic mass is 16.5. The number of hydrogen-bond donors (Lipinski definition) is 1. The molecule has 126 valence electrons. The summed E-state index contributed by atoms with van der Waals surface area (Å²) in [6, 6.07) is 4.50. The summed E-state index contributed by atoms with van der Waals surface area (Å²) in [4.78, 5) is 0. The smallest absolute Gasteiger partial charge is 0.122 e. The topological polar surface area (TPSA) is 29.5 Å². The van der Waals surface area contributed by atoms with E-state index < -0.39 is 0 Å². The molecule has 2 saturated carbocycles. The van der Waals surface area contributed by atoms with Crippen molar-refractivity contribution in [1.29, 1.82) is 0 Å². The molecular weight excluding hydrogens is 284 g/mol. The van der Waals surface area contributed by atoms with E-state index in [-0.39, 0.29) is 11.5 Å². The Morgan fingerprint density at radius 3 is 2.70 bits per heavy atom. The van der Waals surface area contributed by atoms with Crippen molar-refractivity contribution in [3.63, 3.8) is 0 Å². The molecule has 0 radical (unpaired) electrons. The first-order chi connectivity index (χ1) is 10.9. The maximum Gasteiger partial charge on any atom is 0.122 e. The van der Waals surface area contributed by atoms with Gasteiger partial charge in [0.1, 0.15) is 5.75 Å². The first-order valence-electron chi connectivity index (χ1n) is 9.24. The van der Waals surface area contributed by atoms with Crippen molar-refractivity contribution in [2.24, 2.45) is 17.3 Å². The number of aliphatic hydroxyl groups is 1. The van der Waals surface area contributed by atoms with Crippen LogP contribution >= 0.6 is 0 Å². The van der Waals surface area contributed by atoms with E-state index in [0.29, 0.717) is 11.3 Å². The van der Waals surface area contributed by atoms with Gasteiger partial charge in [-0.15, -0.1) is 0 Å². The van der Waals surface area contributed by atoms with Gasteiger partial charge in [-0.05, 0) is 90.9 Å². The predicted octanol–water partition coefficient (Wildman–Crippen LogP) is 4.39. The van der Waals surface area contributed by atoms with Crippen LogP contribution in [0.5, 0.6) is 5.75 Å². The molecule has 0 amide bonds. The van der Waals surface area contributed by atoms with Gasteiger partial charge in [0.25, 0.3) is 0 Å². The van der Waals surface area contributed by atoms with E-state index in [1.54, 1.807) is 12.7 Å². The molecule has 0 aliphatic heterocycles. The zero-order valence-electron chi connectivity index (χ0n) is 15.0. The lowest BCUT2D eigenvalue weighted by Gasteiger charge is -2.55. The zero-order valence-corrected chi connectivity index (χ0v) is 15.0. The first kappa shape index (κ1) is 15.5. The summed E-state index contributed by atoms with van der Waals surface area (Å²) in [5, 5.41) is 10.3. The normalized spacial score (nSPS) is 41.9. The van der Waals surface area contributed by atoms with Gasteiger partial charge in [0.05, 0.1) is 13.2 Å². The monoisotopic (exact) mass is 314 g/mol. The summed E-state index contributed by atoms with van der Waals surface area (Å²) in [6.07, 6.45) is 6.90. The van der Waals surface area contributed by atoms with E-state index in [1.807, 2.05) is 0 Å². The lowest BCUT2D eigenvalue weighted by Crippen LogP contribution is -2.49. The van der Waals surface area contributed by atoms with Crippen LogP contribution in [0.4, 0.5) is 0 Å².